The summed E-state index contributed by atoms with van der Waals surface area (Å²) in [5.41, 5.74) is 4.83. The van der Waals surface area contributed by atoms with Crippen LogP contribution in [0.15, 0.2) is 48.5 Å². The summed E-state index contributed by atoms with van der Waals surface area (Å²) in [6, 6.07) is 16.5. The van der Waals surface area contributed by atoms with Gasteiger partial charge in [0.1, 0.15) is 6.61 Å². The number of benzene rings is 2. The Bertz CT molecular complexity index is 707. The maximum atomic E-state index is 12.0. The van der Waals surface area contributed by atoms with E-state index in [2.05, 4.69) is 29.6 Å². The van der Waals surface area contributed by atoms with Gasteiger partial charge in [0, 0.05) is 18.3 Å². The largest absolute Gasteiger partial charge is 0.449 e. The highest BCUT2D eigenvalue weighted by molar-refractivity contribution is 6.17. The van der Waals surface area contributed by atoms with Gasteiger partial charge in [-0.25, -0.2) is 4.79 Å². The van der Waals surface area contributed by atoms with E-state index in [-0.39, 0.29) is 5.92 Å². The fourth-order valence-electron chi connectivity index (χ4n) is 3.25. The fourth-order valence-corrected chi connectivity index (χ4v) is 3.36. The van der Waals surface area contributed by atoms with Crippen LogP contribution in [0, 0.1) is 0 Å². The molecular weight excluding hydrogens is 366 g/mol. The Morgan fingerprint density at radius 2 is 1.48 bits per heavy atom. The second-order valence-corrected chi connectivity index (χ2v) is 6.54. The molecule has 0 aliphatic heterocycles. The van der Waals surface area contributed by atoms with E-state index in [0.29, 0.717) is 45.5 Å². The van der Waals surface area contributed by atoms with Crippen molar-refractivity contribution in [3.8, 4) is 11.1 Å². The van der Waals surface area contributed by atoms with Crippen LogP contribution < -0.4 is 5.32 Å². The molecule has 0 bridgehead atoms. The molecule has 27 heavy (non-hydrogen) atoms. The molecule has 1 amide bonds. The number of ether oxygens (including phenoxy) is 3. The molecule has 2 aromatic rings. The summed E-state index contributed by atoms with van der Waals surface area (Å²) in [7, 11) is 0. The molecule has 0 radical (unpaired) electrons. The van der Waals surface area contributed by atoms with E-state index < -0.39 is 6.09 Å². The number of carbonyl (C=O) groups excluding carboxylic acids is 1. The lowest BCUT2D eigenvalue weighted by Crippen LogP contribution is -2.29. The normalized spacial score (nSPS) is 12.5. The number of hydrogen-bond donors (Lipinski definition) is 1. The van der Waals surface area contributed by atoms with Crippen LogP contribution in [0.4, 0.5) is 4.79 Å². The first-order valence-corrected chi connectivity index (χ1v) is 9.65. The van der Waals surface area contributed by atoms with E-state index in [4.69, 9.17) is 25.8 Å². The molecule has 0 spiro atoms. The van der Waals surface area contributed by atoms with Gasteiger partial charge in [-0.3, -0.25) is 0 Å². The number of halogens is 1. The standard InChI is InChI=1S/C21H24ClNO4/c22-9-11-25-13-14-26-12-10-23-21(24)27-15-20-18-7-3-1-5-16(18)17-6-2-4-8-19(17)20/h1-8,20H,9-15H2,(H,23,24). The van der Waals surface area contributed by atoms with Gasteiger partial charge < -0.3 is 19.5 Å². The van der Waals surface area contributed by atoms with Gasteiger partial charge in [0.15, 0.2) is 0 Å². The molecule has 1 N–H and O–H groups in total. The van der Waals surface area contributed by atoms with Crippen molar-refractivity contribution >= 4 is 17.7 Å². The lowest BCUT2D eigenvalue weighted by atomic mass is 9.98. The number of hydrogen-bond acceptors (Lipinski definition) is 4. The number of amides is 1. The van der Waals surface area contributed by atoms with Crippen LogP contribution in [-0.2, 0) is 14.2 Å². The van der Waals surface area contributed by atoms with Gasteiger partial charge in [-0.2, -0.15) is 0 Å². The average Bonchev–Trinajstić information content (AvgIpc) is 3.02. The predicted octanol–water partition coefficient (Wildman–Crippen LogP) is 3.80. The van der Waals surface area contributed by atoms with E-state index in [1.54, 1.807) is 0 Å². The van der Waals surface area contributed by atoms with Gasteiger partial charge in [-0.15, -0.1) is 11.6 Å². The lowest BCUT2D eigenvalue weighted by Gasteiger charge is -2.14. The summed E-state index contributed by atoms with van der Waals surface area (Å²) in [6.07, 6.45) is -0.432. The molecule has 0 unspecified atom stereocenters. The zero-order chi connectivity index (χ0) is 18.9. The minimum Gasteiger partial charge on any atom is -0.449 e. The molecule has 0 saturated heterocycles. The van der Waals surface area contributed by atoms with Crippen LogP contribution in [-0.4, -0.2) is 51.6 Å². The third-order valence-corrected chi connectivity index (χ3v) is 4.61. The topological polar surface area (TPSA) is 56.8 Å². The Morgan fingerprint density at radius 1 is 0.889 bits per heavy atom. The first-order chi connectivity index (χ1) is 13.3. The summed E-state index contributed by atoms with van der Waals surface area (Å²) in [6.45, 7) is 2.61. The number of carbonyl (C=O) groups is 1. The third-order valence-electron chi connectivity index (χ3n) is 4.45. The zero-order valence-corrected chi connectivity index (χ0v) is 15.9. The van der Waals surface area contributed by atoms with Crippen LogP contribution in [0.2, 0.25) is 0 Å². The highest BCUT2D eigenvalue weighted by atomic mass is 35.5. The van der Waals surface area contributed by atoms with E-state index in [1.807, 2.05) is 24.3 Å². The molecule has 2 aromatic carbocycles. The smallest absolute Gasteiger partial charge is 0.407 e. The van der Waals surface area contributed by atoms with E-state index in [9.17, 15) is 4.79 Å². The molecule has 1 aliphatic rings. The molecule has 6 heteroatoms. The van der Waals surface area contributed by atoms with Crippen LogP contribution in [0.3, 0.4) is 0 Å². The Morgan fingerprint density at radius 3 is 2.11 bits per heavy atom. The Kier molecular flexibility index (Phi) is 7.51. The minimum atomic E-state index is -0.432. The van der Waals surface area contributed by atoms with Crippen molar-refractivity contribution in [2.45, 2.75) is 5.92 Å². The van der Waals surface area contributed by atoms with Crippen molar-refractivity contribution in [3.63, 3.8) is 0 Å². The molecule has 0 saturated carbocycles. The molecule has 0 fully saturated rings. The molecule has 0 heterocycles. The second-order valence-electron chi connectivity index (χ2n) is 6.17. The van der Waals surface area contributed by atoms with Gasteiger partial charge in [-0.1, -0.05) is 48.5 Å². The first kappa shape index (κ1) is 19.7. The summed E-state index contributed by atoms with van der Waals surface area (Å²) in [4.78, 5) is 12.0. The Hall–Kier alpha value is -2.08. The monoisotopic (exact) mass is 389 g/mol. The SMILES string of the molecule is O=C(NCCOCCOCCCl)OCC1c2ccccc2-c2ccccc21. The molecule has 3 rings (SSSR count). The van der Waals surface area contributed by atoms with Gasteiger partial charge in [-0.05, 0) is 22.3 Å². The molecule has 5 nitrogen and oxygen atoms in total. The Balaban J connectivity index is 1.42. The van der Waals surface area contributed by atoms with Gasteiger partial charge in [0.25, 0.3) is 0 Å². The number of nitrogens with one attached hydrogen (secondary N) is 1. The van der Waals surface area contributed by atoms with E-state index in [1.165, 1.54) is 22.3 Å². The quantitative estimate of drug-likeness (QED) is 0.496. The van der Waals surface area contributed by atoms with Gasteiger partial charge >= 0.3 is 6.09 Å². The zero-order valence-electron chi connectivity index (χ0n) is 15.2. The molecule has 1 aliphatic carbocycles. The fraction of sp³-hybridized carbons (Fsp3) is 0.381. The molecular formula is C21H24ClNO4. The molecule has 144 valence electrons. The van der Waals surface area contributed by atoms with Crippen molar-refractivity contribution in [2.24, 2.45) is 0 Å². The van der Waals surface area contributed by atoms with Gasteiger partial charge in [0.2, 0.25) is 0 Å². The van der Waals surface area contributed by atoms with Crippen molar-refractivity contribution in [1.82, 2.24) is 5.32 Å². The maximum Gasteiger partial charge on any atom is 0.407 e. The van der Waals surface area contributed by atoms with E-state index >= 15 is 0 Å². The summed E-state index contributed by atoms with van der Waals surface area (Å²) in [5.74, 6) is 0.544. The second kappa shape index (κ2) is 10.3. The average molecular weight is 390 g/mol. The Labute approximate surface area is 164 Å². The summed E-state index contributed by atoms with van der Waals surface area (Å²) in [5, 5.41) is 2.71. The minimum absolute atomic E-state index is 0.0680. The maximum absolute atomic E-state index is 12.0. The third kappa shape index (κ3) is 5.22. The highest BCUT2D eigenvalue weighted by Gasteiger charge is 2.28. The molecule has 0 atom stereocenters. The van der Waals surface area contributed by atoms with Crippen LogP contribution in [0.25, 0.3) is 11.1 Å². The lowest BCUT2D eigenvalue weighted by molar-refractivity contribution is 0.0540. The van der Waals surface area contributed by atoms with Crippen molar-refractivity contribution < 1.29 is 19.0 Å². The number of alkyl carbamates (subject to hydrolysis) is 1. The predicted molar refractivity (Wildman–Crippen MR) is 105 cm³/mol. The van der Waals surface area contributed by atoms with Crippen molar-refractivity contribution in [1.29, 1.82) is 0 Å². The number of fused-ring (bicyclic) bond motifs is 3. The van der Waals surface area contributed by atoms with Crippen LogP contribution in [0.1, 0.15) is 17.0 Å². The van der Waals surface area contributed by atoms with Crippen molar-refractivity contribution in [3.05, 3.63) is 59.7 Å². The van der Waals surface area contributed by atoms with Crippen LogP contribution >= 0.6 is 11.6 Å². The molecule has 0 aromatic heterocycles. The number of rotatable bonds is 10. The first-order valence-electron chi connectivity index (χ1n) is 9.11. The van der Waals surface area contributed by atoms with Crippen molar-refractivity contribution in [2.75, 3.05) is 45.5 Å². The number of alkyl halides is 1. The summed E-state index contributed by atoms with van der Waals surface area (Å²) >= 11 is 5.50. The summed E-state index contributed by atoms with van der Waals surface area (Å²) < 4.78 is 16.0. The van der Waals surface area contributed by atoms with E-state index in [0.717, 1.165) is 0 Å². The van der Waals surface area contributed by atoms with Crippen LogP contribution in [0.5, 0.6) is 0 Å². The van der Waals surface area contributed by atoms with Gasteiger partial charge in [0.05, 0.1) is 26.4 Å². The highest BCUT2D eigenvalue weighted by Crippen LogP contribution is 2.44.